The average molecular weight is 462 g/mol. The normalized spacial score (nSPS) is 10.3. The lowest BCUT2D eigenvalue weighted by Crippen LogP contribution is -2.15. The summed E-state index contributed by atoms with van der Waals surface area (Å²) in [6, 6.07) is 6.59. The molecule has 0 radical (unpaired) electrons. The van der Waals surface area contributed by atoms with E-state index in [4.69, 9.17) is 4.74 Å². The smallest absolute Gasteiger partial charge is 0.271 e. The van der Waals surface area contributed by atoms with Crippen LogP contribution in [-0.2, 0) is 0 Å². The zero-order chi connectivity index (χ0) is 17.9. The predicted molar refractivity (Wildman–Crippen MR) is 94.3 cm³/mol. The van der Waals surface area contributed by atoms with Crippen LogP contribution in [0.2, 0.25) is 0 Å². The largest absolute Gasteiger partial charge is 0.494 e. The SMILES string of the molecule is COc1ccc(C(=O)CNc2c(Br)cc([N+](=O)[O-])cc2Br)cc1F. The van der Waals surface area contributed by atoms with Gasteiger partial charge in [-0.15, -0.1) is 0 Å². The van der Waals surface area contributed by atoms with Crippen LogP contribution in [0.15, 0.2) is 39.3 Å². The number of nitro benzene ring substituents is 1. The summed E-state index contributed by atoms with van der Waals surface area (Å²) in [6.45, 7) is -0.110. The zero-order valence-corrected chi connectivity index (χ0v) is 15.5. The molecule has 0 aliphatic heterocycles. The van der Waals surface area contributed by atoms with Crippen LogP contribution >= 0.6 is 31.9 Å². The van der Waals surface area contributed by atoms with Crippen LogP contribution in [0.3, 0.4) is 0 Å². The number of ketones is 1. The number of Topliss-reactive ketones (excluding diaryl/α,β-unsaturated/α-hetero) is 1. The molecule has 0 spiro atoms. The molecule has 0 aromatic heterocycles. The summed E-state index contributed by atoms with van der Waals surface area (Å²) in [7, 11) is 1.34. The van der Waals surface area contributed by atoms with Crippen molar-refractivity contribution in [3.63, 3.8) is 0 Å². The van der Waals surface area contributed by atoms with E-state index in [9.17, 15) is 19.3 Å². The Balaban J connectivity index is 2.15. The molecular weight excluding hydrogens is 451 g/mol. The van der Waals surface area contributed by atoms with Crippen molar-refractivity contribution < 1.29 is 18.8 Å². The number of benzene rings is 2. The number of non-ortho nitro benzene ring substituents is 1. The molecule has 0 aliphatic carbocycles. The number of nitro groups is 1. The van der Waals surface area contributed by atoms with Gasteiger partial charge in [-0.05, 0) is 50.1 Å². The predicted octanol–water partition coefficient (Wildman–Crippen LogP) is 4.56. The van der Waals surface area contributed by atoms with Gasteiger partial charge < -0.3 is 10.1 Å². The molecule has 0 amide bonds. The number of nitrogens with one attached hydrogen (secondary N) is 1. The maximum absolute atomic E-state index is 13.6. The number of hydrogen-bond acceptors (Lipinski definition) is 5. The fourth-order valence-electron chi connectivity index (χ4n) is 1.94. The first-order valence-corrected chi connectivity index (χ1v) is 8.16. The molecule has 0 atom stereocenters. The minimum Gasteiger partial charge on any atom is -0.494 e. The molecule has 0 saturated carbocycles. The first kappa shape index (κ1) is 18.3. The molecule has 6 nitrogen and oxygen atoms in total. The third-order valence-electron chi connectivity index (χ3n) is 3.14. The number of nitrogens with zero attached hydrogens (tertiary/aromatic N) is 1. The van der Waals surface area contributed by atoms with Crippen molar-refractivity contribution in [1.29, 1.82) is 0 Å². The van der Waals surface area contributed by atoms with E-state index in [0.29, 0.717) is 14.6 Å². The average Bonchev–Trinajstić information content (AvgIpc) is 2.53. The summed E-state index contributed by atoms with van der Waals surface area (Å²) < 4.78 is 19.3. The standard InChI is InChI=1S/C15H11Br2FN2O4/c1-24-14-3-2-8(4-12(14)18)13(21)7-19-15-10(16)5-9(20(22)23)6-11(15)17/h2-6,19H,7H2,1H3. The van der Waals surface area contributed by atoms with Crippen LogP contribution in [0.4, 0.5) is 15.8 Å². The van der Waals surface area contributed by atoms with E-state index in [1.165, 1.54) is 31.4 Å². The van der Waals surface area contributed by atoms with Gasteiger partial charge in [0.25, 0.3) is 5.69 Å². The second-order valence-electron chi connectivity index (χ2n) is 4.67. The zero-order valence-electron chi connectivity index (χ0n) is 12.3. The fraction of sp³-hybridized carbons (Fsp3) is 0.133. The molecule has 0 fully saturated rings. The molecule has 0 heterocycles. The number of carbonyl (C=O) groups excluding carboxylic acids is 1. The Bertz CT molecular complexity index is 791. The van der Waals surface area contributed by atoms with E-state index in [2.05, 4.69) is 37.2 Å². The molecule has 2 rings (SSSR count). The van der Waals surface area contributed by atoms with Crippen molar-refractivity contribution in [3.05, 3.63) is 60.8 Å². The number of rotatable bonds is 6. The van der Waals surface area contributed by atoms with Crippen molar-refractivity contribution in [2.45, 2.75) is 0 Å². The third kappa shape index (κ3) is 4.09. The van der Waals surface area contributed by atoms with Crippen LogP contribution in [0.25, 0.3) is 0 Å². The number of halogens is 3. The lowest BCUT2D eigenvalue weighted by Gasteiger charge is -2.11. The molecule has 24 heavy (non-hydrogen) atoms. The highest BCUT2D eigenvalue weighted by Gasteiger charge is 2.16. The van der Waals surface area contributed by atoms with Gasteiger partial charge in [-0.3, -0.25) is 14.9 Å². The molecule has 2 aromatic rings. The Morgan fingerprint density at radius 1 is 1.29 bits per heavy atom. The summed E-state index contributed by atoms with van der Waals surface area (Å²) in [5.74, 6) is -0.907. The van der Waals surface area contributed by atoms with Gasteiger partial charge in [-0.2, -0.15) is 0 Å². The van der Waals surface area contributed by atoms with E-state index in [-0.39, 0.29) is 29.3 Å². The molecule has 1 N–H and O–H groups in total. The molecule has 126 valence electrons. The molecule has 0 aliphatic rings. The van der Waals surface area contributed by atoms with Crippen molar-refractivity contribution in [1.82, 2.24) is 0 Å². The number of methoxy groups -OCH3 is 1. The summed E-state index contributed by atoms with van der Waals surface area (Å²) in [5, 5.41) is 13.7. The summed E-state index contributed by atoms with van der Waals surface area (Å²) >= 11 is 6.44. The topological polar surface area (TPSA) is 81.5 Å². The van der Waals surface area contributed by atoms with Crippen molar-refractivity contribution >= 4 is 49.0 Å². The highest BCUT2D eigenvalue weighted by atomic mass is 79.9. The van der Waals surface area contributed by atoms with E-state index >= 15 is 0 Å². The fourth-order valence-corrected chi connectivity index (χ4v) is 3.39. The molecule has 0 bridgehead atoms. The Labute approximate surface area is 153 Å². The highest BCUT2D eigenvalue weighted by molar-refractivity contribution is 9.11. The van der Waals surface area contributed by atoms with Gasteiger partial charge in [0.1, 0.15) is 0 Å². The maximum Gasteiger partial charge on any atom is 0.271 e. The van der Waals surface area contributed by atoms with Crippen molar-refractivity contribution in [2.24, 2.45) is 0 Å². The molecule has 0 saturated heterocycles. The Hall–Kier alpha value is -2.00. The van der Waals surface area contributed by atoms with Crippen molar-refractivity contribution in [2.75, 3.05) is 19.0 Å². The summed E-state index contributed by atoms with van der Waals surface area (Å²) in [4.78, 5) is 22.4. The summed E-state index contributed by atoms with van der Waals surface area (Å²) in [6.07, 6.45) is 0. The Morgan fingerprint density at radius 2 is 1.92 bits per heavy atom. The van der Waals surface area contributed by atoms with Crippen LogP contribution in [-0.4, -0.2) is 24.4 Å². The van der Waals surface area contributed by atoms with Crippen LogP contribution in [0, 0.1) is 15.9 Å². The van der Waals surface area contributed by atoms with Crippen LogP contribution in [0.5, 0.6) is 5.75 Å². The van der Waals surface area contributed by atoms with Gasteiger partial charge in [-0.1, -0.05) is 0 Å². The van der Waals surface area contributed by atoms with Gasteiger partial charge in [0, 0.05) is 26.6 Å². The van der Waals surface area contributed by atoms with Gasteiger partial charge in [0.2, 0.25) is 0 Å². The minimum absolute atomic E-state index is 0.0559. The van der Waals surface area contributed by atoms with Crippen LogP contribution < -0.4 is 10.1 Å². The van der Waals surface area contributed by atoms with E-state index in [0.717, 1.165) is 6.07 Å². The second-order valence-corrected chi connectivity index (χ2v) is 6.38. The van der Waals surface area contributed by atoms with Gasteiger partial charge in [-0.25, -0.2) is 4.39 Å². The molecule has 0 unspecified atom stereocenters. The van der Waals surface area contributed by atoms with Gasteiger partial charge in [0.05, 0.1) is 24.3 Å². The molecular formula is C15H11Br2FN2O4. The number of carbonyl (C=O) groups is 1. The summed E-state index contributed by atoms with van der Waals surface area (Å²) in [5.41, 5.74) is 0.584. The quantitative estimate of drug-likeness (QED) is 0.387. The Morgan fingerprint density at radius 3 is 2.42 bits per heavy atom. The van der Waals surface area contributed by atoms with Crippen LogP contribution in [0.1, 0.15) is 10.4 Å². The second kappa shape index (κ2) is 7.71. The lowest BCUT2D eigenvalue weighted by atomic mass is 10.1. The highest BCUT2D eigenvalue weighted by Crippen LogP contribution is 2.35. The maximum atomic E-state index is 13.6. The van der Waals surface area contributed by atoms with Crippen molar-refractivity contribution in [3.8, 4) is 5.75 Å². The first-order valence-electron chi connectivity index (χ1n) is 6.57. The molecule has 2 aromatic carbocycles. The van der Waals surface area contributed by atoms with E-state index in [1.807, 2.05) is 0 Å². The third-order valence-corrected chi connectivity index (χ3v) is 4.39. The number of anilines is 1. The molecule has 9 heteroatoms. The minimum atomic E-state index is -0.624. The Kier molecular flexibility index (Phi) is 5.89. The monoisotopic (exact) mass is 460 g/mol. The van der Waals surface area contributed by atoms with E-state index in [1.54, 1.807) is 0 Å². The lowest BCUT2D eigenvalue weighted by molar-refractivity contribution is -0.385. The first-order chi connectivity index (χ1) is 11.3. The number of hydrogen-bond donors (Lipinski definition) is 1. The number of ether oxygens (including phenoxy) is 1. The van der Waals surface area contributed by atoms with Gasteiger partial charge in [0.15, 0.2) is 17.3 Å². The van der Waals surface area contributed by atoms with E-state index < -0.39 is 10.7 Å². The van der Waals surface area contributed by atoms with Gasteiger partial charge >= 0.3 is 0 Å².